The van der Waals surface area contributed by atoms with E-state index in [9.17, 15) is 4.79 Å². The van der Waals surface area contributed by atoms with E-state index in [-0.39, 0.29) is 17.9 Å². The smallest absolute Gasteiger partial charge is 0.226 e. The monoisotopic (exact) mass is 295 g/mol. The standard InChI is InChI=1S/C15H18ClNO3/c16-13-3-1-2-4-14(13)20-12-9-17(10-12)15(18)11-5-7-19-8-6-11/h1-4,11-12H,5-10H2. The van der Waals surface area contributed by atoms with E-state index in [0.717, 1.165) is 12.8 Å². The van der Waals surface area contributed by atoms with E-state index >= 15 is 0 Å². The molecule has 4 nitrogen and oxygen atoms in total. The van der Waals surface area contributed by atoms with E-state index in [1.807, 2.05) is 23.1 Å². The fourth-order valence-corrected chi connectivity index (χ4v) is 2.80. The van der Waals surface area contributed by atoms with Crippen molar-refractivity contribution < 1.29 is 14.3 Å². The highest BCUT2D eigenvalue weighted by atomic mass is 35.5. The van der Waals surface area contributed by atoms with Crippen molar-refractivity contribution in [2.45, 2.75) is 18.9 Å². The summed E-state index contributed by atoms with van der Waals surface area (Å²) in [6, 6.07) is 7.42. The topological polar surface area (TPSA) is 38.8 Å². The summed E-state index contributed by atoms with van der Waals surface area (Å²) >= 11 is 6.05. The van der Waals surface area contributed by atoms with Gasteiger partial charge in [-0.1, -0.05) is 23.7 Å². The van der Waals surface area contributed by atoms with E-state index in [1.165, 1.54) is 0 Å². The molecule has 0 unspecified atom stereocenters. The molecule has 108 valence electrons. The van der Waals surface area contributed by atoms with Gasteiger partial charge in [-0.2, -0.15) is 0 Å². The van der Waals surface area contributed by atoms with E-state index < -0.39 is 0 Å². The summed E-state index contributed by atoms with van der Waals surface area (Å²) in [7, 11) is 0. The maximum absolute atomic E-state index is 12.2. The highest BCUT2D eigenvalue weighted by molar-refractivity contribution is 6.32. The first kappa shape index (κ1) is 13.7. The minimum absolute atomic E-state index is 0.0543. The van der Waals surface area contributed by atoms with Crippen LogP contribution in [0.2, 0.25) is 5.02 Å². The summed E-state index contributed by atoms with van der Waals surface area (Å²) in [6.07, 6.45) is 1.73. The van der Waals surface area contributed by atoms with Gasteiger partial charge in [0, 0.05) is 19.1 Å². The van der Waals surface area contributed by atoms with Crippen molar-refractivity contribution in [3.63, 3.8) is 0 Å². The zero-order valence-electron chi connectivity index (χ0n) is 11.3. The lowest BCUT2D eigenvalue weighted by molar-refractivity contribution is -0.147. The van der Waals surface area contributed by atoms with Crippen LogP contribution in [0.4, 0.5) is 0 Å². The van der Waals surface area contributed by atoms with Gasteiger partial charge in [-0.3, -0.25) is 4.79 Å². The van der Waals surface area contributed by atoms with Crippen LogP contribution in [-0.2, 0) is 9.53 Å². The molecule has 0 aromatic heterocycles. The molecule has 1 amide bonds. The third-order valence-corrected chi connectivity index (χ3v) is 4.17. The third-order valence-electron chi connectivity index (χ3n) is 3.86. The molecule has 2 aliphatic heterocycles. The lowest BCUT2D eigenvalue weighted by Crippen LogP contribution is -2.58. The van der Waals surface area contributed by atoms with Gasteiger partial charge in [0.2, 0.25) is 5.91 Å². The van der Waals surface area contributed by atoms with Crippen molar-refractivity contribution in [1.82, 2.24) is 4.90 Å². The second-order valence-corrected chi connectivity index (χ2v) is 5.71. The van der Waals surface area contributed by atoms with Gasteiger partial charge in [-0.05, 0) is 25.0 Å². The number of para-hydroxylation sites is 1. The largest absolute Gasteiger partial charge is 0.485 e. The Morgan fingerprint density at radius 2 is 1.95 bits per heavy atom. The first-order valence-electron chi connectivity index (χ1n) is 7.02. The average Bonchev–Trinajstić information content (AvgIpc) is 2.44. The molecule has 3 rings (SSSR count). The van der Waals surface area contributed by atoms with Gasteiger partial charge in [0.25, 0.3) is 0 Å². The highest BCUT2D eigenvalue weighted by Crippen LogP contribution is 2.27. The van der Waals surface area contributed by atoms with Crippen molar-refractivity contribution in [3.8, 4) is 5.75 Å². The van der Waals surface area contributed by atoms with Crippen LogP contribution in [0.15, 0.2) is 24.3 Å². The van der Waals surface area contributed by atoms with Gasteiger partial charge >= 0.3 is 0 Å². The minimum atomic E-state index is 0.0543. The first-order chi connectivity index (χ1) is 9.74. The van der Waals surface area contributed by atoms with Crippen LogP contribution in [0, 0.1) is 5.92 Å². The van der Waals surface area contributed by atoms with Gasteiger partial charge in [-0.25, -0.2) is 0 Å². The molecular weight excluding hydrogens is 278 g/mol. The molecule has 1 aromatic carbocycles. The van der Waals surface area contributed by atoms with Gasteiger partial charge in [0.05, 0.1) is 18.1 Å². The van der Waals surface area contributed by atoms with Crippen LogP contribution in [0.25, 0.3) is 0 Å². The number of amides is 1. The Morgan fingerprint density at radius 3 is 2.65 bits per heavy atom. The van der Waals surface area contributed by atoms with E-state index in [2.05, 4.69) is 0 Å². The normalized spacial score (nSPS) is 20.6. The minimum Gasteiger partial charge on any atom is -0.485 e. The van der Waals surface area contributed by atoms with Crippen molar-refractivity contribution in [2.24, 2.45) is 5.92 Å². The summed E-state index contributed by atoms with van der Waals surface area (Å²) in [4.78, 5) is 14.1. The molecule has 2 saturated heterocycles. The third kappa shape index (κ3) is 2.91. The van der Waals surface area contributed by atoms with Gasteiger partial charge in [-0.15, -0.1) is 0 Å². The molecule has 0 N–H and O–H groups in total. The van der Waals surface area contributed by atoms with Crippen LogP contribution in [0.1, 0.15) is 12.8 Å². The van der Waals surface area contributed by atoms with Crippen LogP contribution in [0.5, 0.6) is 5.75 Å². The van der Waals surface area contributed by atoms with Gasteiger partial charge in [0.1, 0.15) is 11.9 Å². The van der Waals surface area contributed by atoms with Gasteiger partial charge < -0.3 is 14.4 Å². The average molecular weight is 296 g/mol. The van der Waals surface area contributed by atoms with Crippen molar-refractivity contribution in [2.75, 3.05) is 26.3 Å². The second kappa shape index (κ2) is 6.02. The Balaban J connectivity index is 1.49. The Bertz CT molecular complexity index is 482. The molecule has 1 aromatic rings. The molecule has 0 spiro atoms. The quantitative estimate of drug-likeness (QED) is 0.859. The molecule has 0 bridgehead atoms. The maximum Gasteiger partial charge on any atom is 0.226 e. The van der Waals surface area contributed by atoms with Gasteiger partial charge in [0.15, 0.2) is 0 Å². The summed E-state index contributed by atoms with van der Waals surface area (Å²) in [5.41, 5.74) is 0. The Hall–Kier alpha value is -1.26. The Kier molecular flexibility index (Phi) is 4.13. The summed E-state index contributed by atoms with van der Waals surface area (Å²) < 4.78 is 11.1. The fourth-order valence-electron chi connectivity index (χ4n) is 2.62. The molecule has 0 aliphatic carbocycles. The molecule has 2 heterocycles. The molecule has 0 saturated carbocycles. The highest BCUT2D eigenvalue weighted by Gasteiger charge is 2.36. The number of hydrogen-bond donors (Lipinski definition) is 0. The first-order valence-corrected chi connectivity index (χ1v) is 7.39. The molecule has 0 radical (unpaired) electrons. The van der Waals surface area contributed by atoms with E-state index in [0.29, 0.717) is 37.1 Å². The number of rotatable bonds is 3. The lowest BCUT2D eigenvalue weighted by atomic mass is 9.96. The number of carbonyl (C=O) groups excluding carboxylic acids is 1. The van der Waals surface area contributed by atoms with Crippen molar-refractivity contribution in [3.05, 3.63) is 29.3 Å². The number of likely N-dealkylation sites (tertiary alicyclic amines) is 1. The number of benzene rings is 1. The zero-order valence-corrected chi connectivity index (χ0v) is 12.0. The molecule has 2 fully saturated rings. The number of ether oxygens (including phenoxy) is 2. The number of halogens is 1. The van der Waals surface area contributed by atoms with Crippen LogP contribution < -0.4 is 4.74 Å². The van der Waals surface area contributed by atoms with Crippen LogP contribution >= 0.6 is 11.6 Å². The van der Waals surface area contributed by atoms with E-state index in [1.54, 1.807) is 6.07 Å². The molecule has 2 aliphatic rings. The van der Waals surface area contributed by atoms with Crippen molar-refractivity contribution in [1.29, 1.82) is 0 Å². The molecule has 0 atom stereocenters. The number of hydrogen-bond acceptors (Lipinski definition) is 3. The van der Waals surface area contributed by atoms with Crippen LogP contribution in [0.3, 0.4) is 0 Å². The summed E-state index contributed by atoms with van der Waals surface area (Å²) in [5.74, 6) is 1.06. The maximum atomic E-state index is 12.2. The van der Waals surface area contributed by atoms with Crippen LogP contribution in [-0.4, -0.2) is 43.2 Å². The summed E-state index contributed by atoms with van der Waals surface area (Å²) in [5, 5.41) is 0.613. The number of nitrogens with zero attached hydrogens (tertiary/aromatic N) is 1. The molecular formula is C15H18ClNO3. The zero-order chi connectivity index (χ0) is 13.9. The fraction of sp³-hybridized carbons (Fsp3) is 0.533. The SMILES string of the molecule is O=C(C1CCOCC1)N1CC(Oc2ccccc2Cl)C1. The predicted octanol–water partition coefficient (Wildman–Crippen LogP) is 2.36. The Morgan fingerprint density at radius 1 is 1.25 bits per heavy atom. The summed E-state index contributed by atoms with van der Waals surface area (Å²) in [6.45, 7) is 2.70. The number of carbonyl (C=O) groups is 1. The predicted molar refractivity (Wildman–Crippen MR) is 76.0 cm³/mol. The second-order valence-electron chi connectivity index (χ2n) is 5.30. The lowest BCUT2D eigenvalue weighted by Gasteiger charge is -2.41. The van der Waals surface area contributed by atoms with Crippen molar-refractivity contribution >= 4 is 17.5 Å². The Labute approximate surface area is 123 Å². The molecule has 5 heteroatoms. The van der Waals surface area contributed by atoms with E-state index in [4.69, 9.17) is 21.1 Å². The molecule has 20 heavy (non-hydrogen) atoms.